The molecule has 1 heterocycles. The van der Waals surface area contributed by atoms with E-state index in [1.54, 1.807) is 0 Å². The zero-order valence-corrected chi connectivity index (χ0v) is 14.3. The molecule has 6 nitrogen and oxygen atoms in total. The number of allylic oxidation sites excluding steroid dienone is 1. The van der Waals surface area contributed by atoms with E-state index in [0.717, 1.165) is 24.1 Å². The number of thiophene rings is 1. The van der Waals surface area contributed by atoms with E-state index >= 15 is 0 Å². The van der Waals surface area contributed by atoms with Crippen molar-refractivity contribution in [2.45, 2.75) is 38.5 Å². The van der Waals surface area contributed by atoms with Gasteiger partial charge in [-0.3, -0.25) is 14.9 Å². The van der Waals surface area contributed by atoms with Gasteiger partial charge in [-0.1, -0.05) is 17.7 Å². The number of carbonyl (C=O) groups is 3. The fraction of sp³-hybridized carbons (Fsp3) is 0.471. The molecule has 0 saturated heterocycles. The summed E-state index contributed by atoms with van der Waals surface area (Å²) in [5.74, 6) is -1.12. The molecule has 2 rings (SSSR count). The van der Waals surface area contributed by atoms with E-state index in [0.29, 0.717) is 6.54 Å². The zero-order chi connectivity index (χ0) is 17.2. The van der Waals surface area contributed by atoms with Gasteiger partial charge in [0.25, 0.3) is 5.91 Å². The van der Waals surface area contributed by atoms with E-state index in [9.17, 15) is 14.4 Å². The van der Waals surface area contributed by atoms with Crippen LogP contribution in [0.2, 0.25) is 0 Å². The van der Waals surface area contributed by atoms with Crippen molar-refractivity contribution in [2.75, 3.05) is 13.2 Å². The number of nitrogens with one attached hydrogen (secondary N) is 2. The van der Waals surface area contributed by atoms with Crippen LogP contribution in [0.1, 0.15) is 37.0 Å². The van der Waals surface area contributed by atoms with Crippen LogP contribution >= 0.6 is 11.3 Å². The number of hydrogen-bond acceptors (Lipinski definition) is 5. The maximum absolute atomic E-state index is 11.6. The smallest absolute Gasteiger partial charge is 0.321 e. The highest BCUT2D eigenvalue weighted by Crippen LogP contribution is 2.19. The van der Waals surface area contributed by atoms with Crippen LogP contribution in [0.5, 0.6) is 0 Å². The van der Waals surface area contributed by atoms with Gasteiger partial charge in [0.1, 0.15) is 0 Å². The second-order valence-electron chi connectivity index (χ2n) is 5.58. The summed E-state index contributed by atoms with van der Waals surface area (Å²) in [7, 11) is 0. The minimum atomic E-state index is -0.635. The van der Waals surface area contributed by atoms with Gasteiger partial charge in [-0.25, -0.2) is 4.79 Å². The molecule has 130 valence electrons. The predicted octanol–water partition coefficient (Wildman–Crippen LogP) is 2.55. The standard InChI is InChI=1S/C17H22N2O4S/c20-15(12-23-16(21)11-14-7-4-10-24-14)19-17(22)18-9-8-13-5-2-1-3-6-13/h4-5,7,10H,1-3,6,8-9,11-12H2,(H2,18,19,20,22). The molecule has 0 atom stereocenters. The maximum Gasteiger partial charge on any atom is 0.321 e. The van der Waals surface area contributed by atoms with E-state index in [-0.39, 0.29) is 6.42 Å². The Kier molecular flexibility index (Phi) is 7.48. The lowest BCUT2D eigenvalue weighted by Gasteiger charge is -2.13. The van der Waals surface area contributed by atoms with Crippen LogP contribution in [-0.2, 0) is 20.7 Å². The topological polar surface area (TPSA) is 84.5 Å². The molecule has 7 heteroatoms. The molecule has 24 heavy (non-hydrogen) atoms. The molecule has 0 bridgehead atoms. The summed E-state index contributed by atoms with van der Waals surface area (Å²) in [6, 6.07) is 3.10. The van der Waals surface area contributed by atoms with Crippen molar-refractivity contribution in [1.82, 2.24) is 10.6 Å². The van der Waals surface area contributed by atoms with E-state index in [2.05, 4.69) is 16.7 Å². The summed E-state index contributed by atoms with van der Waals surface area (Å²) in [4.78, 5) is 35.6. The normalized spacial score (nSPS) is 13.8. The van der Waals surface area contributed by atoms with Crippen molar-refractivity contribution in [3.63, 3.8) is 0 Å². The van der Waals surface area contributed by atoms with Crippen molar-refractivity contribution < 1.29 is 19.1 Å². The summed E-state index contributed by atoms with van der Waals surface area (Å²) in [6.45, 7) is 0.0336. The van der Waals surface area contributed by atoms with E-state index < -0.39 is 24.5 Å². The molecule has 0 spiro atoms. The molecular formula is C17H22N2O4S. The van der Waals surface area contributed by atoms with Gasteiger partial charge in [0.05, 0.1) is 6.42 Å². The molecule has 0 aliphatic heterocycles. The van der Waals surface area contributed by atoms with Gasteiger partial charge >= 0.3 is 12.0 Å². The van der Waals surface area contributed by atoms with Gasteiger partial charge in [-0.15, -0.1) is 11.3 Å². The minimum absolute atomic E-state index is 0.131. The van der Waals surface area contributed by atoms with Gasteiger partial charge < -0.3 is 10.1 Å². The quantitative estimate of drug-likeness (QED) is 0.585. The van der Waals surface area contributed by atoms with Gasteiger partial charge in [0.2, 0.25) is 0 Å². The van der Waals surface area contributed by atoms with Gasteiger partial charge in [-0.2, -0.15) is 0 Å². The lowest BCUT2D eigenvalue weighted by molar-refractivity contribution is -0.147. The van der Waals surface area contributed by atoms with Crippen molar-refractivity contribution in [2.24, 2.45) is 0 Å². The first-order valence-corrected chi connectivity index (χ1v) is 8.95. The van der Waals surface area contributed by atoms with Crippen LogP contribution in [-0.4, -0.2) is 31.1 Å². The monoisotopic (exact) mass is 350 g/mol. The van der Waals surface area contributed by atoms with Crippen LogP contribution in [0.4, 0.5) is 4.79 Å². The number of ether oxygens (including phenoxy) is 1. The maximum atomic E-state index is 11.6. The number of esters is 1. The average molecular weight is 350 g/mol. The summed E-state index contributed by atoms with van der Waals surface area (Å²) >= 11 is 1.45. The van der Waals surface area contributed by atoms with E-state index in [4.69, 9.17) is 4.74 Å². The average Bonchev–Trinajstić information content (AvgIpc) is 3.07. The molecule has 0 unspecified atom stereocenters. The minimum Gasteiger partial charge on any atom is -0.455 e. The molecular weight excluding hydrogens is 328 g/mol. The van der Waals surface area contributed by atoms with Crippen molar-refractivity contribution in [1.29, 1.82) is 0 Å². The molecule has 3 amide bonds. The Hall–Kier alpha value is -2.15. The van der Waals surface area contributed by atoms with Crippen LogP contribution in [0.25, 0.3) is 0 Å². The molecule has 0 saturated carbocycles. The molecule has 0 fully saturated rings. The molecule has 1 aromatic heterocycles. The molecule has 1 aromatic rings. The second-order valence-corrected chi connectivity index (χ2v) is 6.61. The van der Waals surface area contributed by atoms with E-state index in [1.165, 1.54) is 29.8 Å². The van der Waals surface area contributed by atoms with Crippen LogP contribution in [0.3, 0.4) is 0 Å². The highest BCUT2D eigenvalue weighted by molar-refractivity contribution is 7.10. The summed E-state index contributed by atoms with van der Waals surface area (Å²) in [5, 5.41) is 6.65. The van der Waals surface area contributed by atoms with Crippen molar-refractivity contribution in [3.8, 4) is 0 Å². The third kappa shape index (κ3) is 6.95. The number of hydrogen-bond donors (Lipinski definition) is 2. The van der Waals surface area contributed by atoms with Gasteiger partial charge in [-0.05, 0) is 43.6 Å². The fourth-order valence-corrected chi connectivity index (χ4v) is 3.12. The summed E-state index contributed by atoms with van der Waals surface area (Å²) < 4.78 is 4.84. The van der Waals surface area contributed by atoms with Gasteiger partial charge in [0.15, 0.2) is 6.61 Å². The summed E-state index contributed by atoms with van der Waals surface area (Å²) in [6.07, 6.45) is 7.79. The second kappa shape index (κ2) is 9.87. The lowest BCUT2D eigenvalue weighted by Crippen LogP contribution is -2.41. The highest BCUT2D eigenvalue weighted by Gasteiger charge is 2.12. The van der Waals surface area contributed by atoms with Gasteiger partial charge in [0, 0.05) is 11.4 Å². The SMILES string of the molecule is O=C(COC(=O)Cc1cccs1)NC(=O)NCCC1=CCCCC1. The molecule has 1 aliphatic carbocycles. The van der Waals surface area contributed by atoms with Crippen LogP contribution < -0.4 is 10.6 Å². The highest BCUT2D eigenvalue weighted by atomic mass is 32.1. The Morgan fingerprint density at radius 3 is 2.83 bits per heavy atom. The number of rotatable bonds is 7. The first-order chi connectivity index (χ1) is 11.6. The number of carbonyl (C=O) groups excluding carboxylic acids is 3. The lowest BCUT2D eigenvalue weighted by atomic mass is 9.97. The Balaban J connectivity index is 1.56. The molecule has 0 aromatic carbocycles. The van der Waals surface area contributed by atoms with Crippen molar-refractivity contribution in [3.05, 3.63) is 34.0 Å². The van der Waals surface area contributed by atoms with E-state index in [1.807, 2.05) is 17.5 Å². The molecule has 0 radical (unpaired) electrons. The number of amides is 3. The van der Waals surface area contributed by atoms with Crippen LogP contribution in [0, 0.1) is 0 Å². The predicted molar refractivity (Wildman–Crippen MR) is 91.7 cm³/mol. The molecule has 1 aliphatic rings. The first kappa shape index (κ1) is 18.2. The van der Waals surface area contributed by atoms with Crippen molar-refractivity contribution >= 4 is 29.2 Å². The Labute approximate surface area is 145 Å². The molecule has 2 N–H and O–H groups in total. The zero-order valence-electron chi connectivity index (χ0n) is 13.5. The third-order valence-electron chi connectivity index (χ3n) is 3.63. The van der Waals surface area contributed by atoms with Crippen LogP contribution in [0.15, 0.2) is 29.2 Å². The number of urea groups is 1. The largest absolute Gasteiger partial charge is 0.455 e. The third-order valence-corrected chi connectivity index (χ3v) is 4.51. The Bertz CT molecular complexity index is 596. The first-order valence-electron chi connectivity index (χ1n) is 8.07. The summed E-state index contributed by atoms with van der Waals surface area (Å²) in [5.41, 5.74) is 1.36. The Morgan fingerprint density at radius 1 is 1.25 bits per heavy atom. The number of imide groups is 1. The Morgan fingerprint density at radius 2 is 2.12 bits per heavy atom. The fourth-order valence-electron chi connectivity index (χ4n) is 2.43.